The second-order valence-corrected chi connectivity index (χ2v) is 9.36. The monoisotopic (exact) mass is 435 g/mol. The summed E-state index contributed by atoms with van der Waals surface area (Å²) in [4.78, 5) is 29.0. The highest BCUT2D eigenvalue weighted by Gasteiger charge is 2.48. The molecule has 2 amide bonds. The Balaban J connectivity index is 1.56. The number of amides is 2. The summed E-state index contributed by atoms with van der Waals surface area (Å²) in [5.41, 5.74) is 1.56. The summed E-state index contributed by atoms with van der Waals surface area (Å²) in [5.74, 6) is -0.202. The third-order valence-corrected chi connectivity index (χ3v) is 7.02. The van der Waals surface area contributed by atoms with Gasteiger partial charge in [-0.25, -0.2) is 0 Å². The van der Waals surface area contributed by atoms with E-state index in [1.807, 2.05) is 66.1 Å². The molecule has 0 unspecified atom stereocenters. The van der Waals surface area contributed by atoms with E-state index in [9.17, 15) is 9.59 Å². The Morgan fingerprint density at radius 3 is 2.58 bits per heavy atom. The number of hydrogen-bond donors (Lipinski definition) is 1. The summed E-state index contributed by atoms with van der Waals surface area (Å²) in [5, 5.41) is 4.90. The highest BCUT2D eigenvalue weighted by atomic mass is 35.5. The Morgan fingerprint density at radius 2 is 1.84 bits per heavy atom. The van der Waals surface area contributed by atoms with Crippen LogP contribution in [0.2, 0.25) is 5.02 Å². The van der Waals surface area contributed by atoms with Crippen LogP contribution in [0.4, 0.5) is 0 Å². The Hall–Kier alpha value is -2.79. The van der Waals surface area contributed by atoms with Crippen molar-refractivity contribution in [3.8, 4) is 0 Å². The third kappa shape index (κ3) is 3.51. The molecule has 0 saturated heterocycles. The van der Waals surface area contributed by atoms with Gasteiger partial charge in [0.1, 0.15) is 11.2 Å². The van der Waals surface area contributed by atoms with Crippen molar-refractivity contribution in [3.63, 3.8) is 0 Å². The van der Waals surface area contributed by atoms with Crippen LogP contribution in [0.3, 0.4) is 0 Å². The number of benzene rings is 2. The van der Waals surface area contributed by atoms with Crippen molar-refractivity contribution < 1.29 is 9.59 Å². The van der Waals surface area contributed by atoms with Crippen LogP contribution in [-0.4, -0.2) is 32.9 Å². The zero-order valence-corrected chi connectivity index (χ0v) is 18.4. The van der Waals surface area contributed by atoms with Crippen molar-refractivity contribution in [1.29, 1.82) is 0 Å². The standard InChI is InChI=1S/C25H26ClN3O2/c1-25(24(31)27-20-7-3-4-8-20)16-28-21-9-5-2-6-18(21)14-22(28)23(30)29(25)15-17-10-12-19(26)13-11-17/h2,5-6,9-14,20H,3-4,7-8,15-16H2,1H3,(H,27,31)/t25-/m0/s1. The van der Waals surface area contributed by atoms with Crippen LogP contribution in [-0.2, 0) is 17.9 Å². The molecule has 2 aliphatic rings. The Bertz CT molecular complexity index is 1150. The average Bonchev–Trinajstić information content (AvgIpc) is 3.40. The summed E-state index contributed by atoms with van der Waals surface area (Å²) in [7, 11) is 0. The number of fused-ring (bicyclic) bond motifs is 3. The Morgan fingerprint density at radius 1 is 1.13 bits per heavy atom. The lowest BCUT2D eigenvalue weighted by Gasteiger charge is -2.44. The van der Waals surface area contributed by atoms with Gasteiger partial charge in [0, 0.05) is 28.5 Å². The largest absolute Gasteiger partial charge is 0.351 e. The molecule has 31 heavy (non-hydrogen) atoms. The van der Waals surface area contributed by atoms with Gasteiger partial charge in [-0.15, -0.1) is 0 Å². The fourth-order valence-electron chi connectivity index (χ4n) is 4.94. The molecule has 2 heterocycles. The summed E-state index contributed by atoms with van der Waals surface area (Å²) >= 11 is 6.05. The van der Waals surface area contributed by atoms with Crippen molar-refractivity contribution >= 4 is 34.3 Å². The van der Waals surface area contributed by atoms with Crippen LogP contribution in [0.5, 0.6) is 0 Å². The van der Waals surface area contributed by atoms with Gasteiger partial charge in [-0.2, -0.15) is 0 Å². The lowest BCUT2D eigenvalue weighted by Crippen LogP contribution is -2.64. The van der Waals surface area contributed by atoms with E-state index in [1.165, 1.54) is 0 Å². The summed E-state index contributed by atoms with van der Waals surface area (Å²) < 4.78 is 2.00. The van der Waals surface area contributed by atoms with Gasteiger partial charge in [0.25, 0.3) is 5.91 Å². The normalized spacial score (nSPS) is 21.5. The predicted molar refractivity (Wildman–Crippen MR) is 122 cm³/mol. The molecular formula is C25H26ClN3O2. The third-order valence-electron chi connectivity index (χ3n) is 6.77. The van der Waals surface area contributed by atoms with Gasteiger partial charge in [0.05, 0.1) is 6.54 Å². The number of nitrogens with one attached hydrogen (secondary N) is 1. The maximum Gasteiger partial charge on any atom is 0.271 e. The van der Waals surface area contributed by atoms with Gasteiger partial charge in [0.15, 0.2) is 0 Å². The van der Waals surface area contributed by atoms with E-state index in [1.54, 1.807) is 4.90 Å². The molecule has 160 valence electrons. The van der Waals surface area contributed by atoms with Gasteiger partial charge in [-0.05, 0) is 49.6 Å². The molecule has 0 radical (unpaired) electrons. The zero-order chi connectivity index (χ0) is 21.6. The summed E-state index contributed by atoms with van der Waals surface area (Å²) in [6, 6.07) is 17.5. The molecule has 1 aromatic heterocycles. The molecule has 1 atom stereocenters. The van der Waals surface area contributed by atoms with Crippen LogP contribution >= 0.6 is 11.6 Å². The SMILES string of the molecule is C[C@@]1(C(=O)NC2CCCC2)Cn2c(cc3ccccc32)C(=O)N1Cc1ccc(Cl)cc1. The molecule has 0 bridgehead atoms. The van der Waals surface area contributed by atoms with Crippen LogP contribution in [0.25, 0.3) is 10.9 Å². The van der Waals surface area contributed by atoms with Crippen molar-refractivity contribution in [1.82, 2.24) is 14.8 Å². The summed E-state index contributed by atoms with van der Waals surface area (Å²) in [6.07, 6.45) is 4.29. The topological polar surface area (TPSA) is 54.3 Å². The fraction of sp³-hybridized carbons (Fsp3) is 0.360. The number of carbonyl (C=O) groups is 2. The molecule has 5 nitrogen and oxygen atoms in total. The van der Waals surface area contributed by atoms with E-state index in [4.69, 9.17) is 11.6 Å². The maximum atomic E-state index is 13.7. The van der Waals surface area contributed by atoms with Gasteiger partial charge in [-0.1, -0.05) is 54.8 Å². The minimum atomic E-state index is -0.992. The number of nitrogens with zero attached hydrogens (tertiary/aromatic N) is 2. The number of hydrogen-bond acceptors (Lipinski definition) is 2. The first-order chi connectivity index (χ1) is 15.0. The first-order valence-corrected chi connectivity index (χ1v) is 11.3. The molecule has 2 aromatic carbocycles. The number of aromatic nitrogens is 1. The van der Waals surface area contributed by atoms with E-state index in [0.717, 1.165) is 42.1 Å². The minimum Gasteiger partial charge on any atom is -0.351 e. The molecule has 1 N–H and O–H groups in total. The molecule has 6 heteroatoms. The second kappa shape index (κ2) is 7.72. The van der Waals surface area contributed by atoms with Crippen molar-refractivity contribution in [2.24, 2.45) is 0 Å². The Kier molecular flexibility index (Phi) is 5.01. The molecule has 1 aliphatic carbocycles. The van der Waals surface area contributed by atoms with Gasteiger partial charge in [0.2, 0.25) is 5.91 Å². The first kappa shape index (κ1) is 20.1. The van der Waals surface area contributed by atoms with E-state index < -0.39 is 5.54 Å². The maximum absolute atomic E-state index is 13.7. The lowest BCUT2D eigenvalue weighted by molar-refractivity contribution is -0.133. The van der Waals surface area contributed by atoms with Crippen LogP contribution < -0.4 is 5.32 Å². The fourth-order valence-corrected chi connectivity index (χ4v) is 5.06. The number of rotatable bonds is 4. The Labute approximate surface area is 187 Å². The van der Waals surface area contributed by atoms with E-state index in [-0.39, 0.29) is 17.9 Å². The summed E-state index contributed by atoms with van der Waals surface area (Å²) in [6.45, 7) is 2.67. The molecule has 0 spiro atoms. The molecule has 1 aliphatic heterocycles. The average molecular weight is 436 g/mol. The van der Waals surface area contributed by atoms with E-state index >= 15 is 0 Å². The number of para-hydroxylation sites is 1. The molecule has 1 saturated carbocycles. The van der Waals surface area contributed by atoms with Crippen LogP contribution in [0.15, 0.2) is 54.6 Å². The van der Waals surface area contributed by atoms with Crippen LogP contribution in [0, 0.1) is 0 Å². The van der Waals surface area contributed by atoms with Crippen LogP contribution in [0.1, 0.15) is 48.7 Å². The molecule has 5 rings (SSSR count). The number of halogens is 1. The van der Waals surface area contributed by atoms with E-state index in [2.05, 4.69) is 5.32 Å². The van der Waals surface area contributed by atoms with Gasteiger partial charge < -0.3 is 14.8 Å². The first-order valence-electron chi connectivity index (χ1n) is 10.9. The lowest BCUT2D eigenvalue weighted by atomic mass is 9.93. The van der Waals surface area contributed by atoms with Gasteiger partial charge in [-0.3, -0.25) is 9.59 Å². The van der Waals surface area contributed by atoms with Gasteiger partial charge >= 0.3 is 0 Å². The van der Waals surface area contributed by atoms with Crippen molar-refractivity contribution in [2.75, 3.05) is 0 Å². The quantitative estimate of drug-likeness (QED) is 0.641. The van der Waals surface area contributed by atoms with E-state index in [0.29, 0.717) is 23.8 Å². The highest BCUT2D eigenvalue weighted by molar-refractivity contribution is 6.30. The molecule has 1 fully saturated rings. The second-order valence-electron chi connectivity index (χ2n) is 8.92. The van der Waals surface area contributed by atoms with Crippen molar-refractivity contribution in [3.05, 3.63) is 70.9 Å². The number of carbonyl (C=O) groups excluding carboxylic acids is 2. The smallest absolute Gasteiger partial charge is 0.271 e. The minimum absolute atomic E-state index is 0.0786. The molecule has 3 aromatic rings. The zero-order valence-electron chi connectivity index (χ0n) is 17.6. The highest BCUT2D eigenvalue weighted by Crippen LogP contribution is 2.34. The molecular weight excluding hydrogens is 410 g/mol. The van der Waals surface area contributed by atoms with Crippen molar-refractivity contribution in [2.45, 2.75) is 57.3 Å². The predicted octanol–water partition coefficient (Wildman–Crippen LogP) is 4.77.